The number of aryl methyl sites for hydroxylation is 1. The molecule has 2 saturated heterocycles. The fourth-order valence-corrected chi connectivity index (χ4v) is 4.98. The molecular formula is C28H32FN5O2. The molecule has 0 saturated carbocycles. The Labute approximate surface area is 211 Å². The summed E-state index contributed by atoms with van der Waals surface area (Å²) in [5.41, 5.74) is 1.86. The van der Waals surface area contributed by atoms with Crippen LogP contribution in [0.2, 0.25) is 0 Å². The van der Waals surface area contributed by atoms with E-state index in [2.05, 4.69) is 33.9 Å². The lowest BCUT2D eigenvalue weighted by molar-refractivity contribution is -0.136. The predicted molar refractivity (Wildman–Crippen MR) is 138 cm³/mol. The third-order valence-corrected chi connectivity index (χ3v) is 7.12. The molecule has 188 valence electrons. The number of rotatable bonds is 6. The monoisotopic (exact) mass is 489 g/mol. The van der Waals surface area contributed by atoms with Gasteiger partial charge in [0.05, 0.1) is 5.69 Å². The van der Waals surface area contributed by atoms with Crippen LogP contribution >= 0.6 is 0 Å². The number of hydrogen-bond donors (Lipinski definition) is 0. The second-order valence-corrected chi connectivity index (χ2v) is 9.31. The van der Waals surface area contributed by atoms with E-state index in [1.54, 1.807) is 24.5 Å². The zero-order valence-electron chi connectivity index (χ0n) is 20.6. The molecule has 0 aliphatic carbocycles. The van der Waals surface area contributed by atoms with E-state index in [0.717, 1.165) is 38.1 Å². The number of piperidine rings is 1. The minimum Gasteiger partial charge on any atom is -0.436 e. The standard InChI is InChI=1S/C28H32FN5O2/c1-2-21-7-9-23(10-8-21)36-27-26(30-13-14-31-27)33-15-11-22(12-16-33)28(35)34-19-17-32(18-20-34)25-6-4-3-5-24(25)29/h3-10,13-14,22H,2,11-12,15-20H2,1H3. The molecule has 7 nitrogen and oxygen atoms in total. The number of carbonyl (C=O) groups is 1. The molecule has 2 aliphatic heterocycles. The molecule has 1 amide bonds. The van der Waals surface area contributed by atoms with Crippen LogP contribution in [0.25, 0.3) is 0 Å². The molecule has 2 aromatic carbocycles. The third kappa shape index (κ3) is 5.27. The number of anilines is 2. The number of nitrogens with zero attached hydrogens (tertiary/aromatic N) is 5. The maximum absolute atomic E-state index is 14.1. The molecule has 8 heteroatoms. The van der Waals surface area contributed by atoms with Crippen molar-refractivity contribution < 1.29 is 13.9 Å². The summed E-state index contributed by atoms with van der Waals surface area (Å²) in [6, 6.07) is 14.8. The van der Waals surface area contributed by atoms with E-state index in [-0.39, 0.29) is 17.6 Å². The van der Waals surface area contributed by atoms with E-state index in [4.69, 9.17) is 4.74 Å². The highest BCUT2D eigenvalue weighted by molar-refractivity contribution is 5.79. The van der Waals surface area contributed by atoms with E-state index in [9.17, 15) is 9.18 Å². The summed E-state index contributed by atoms with van der Waals surface area (Å²) < 4.78 is 20.2. The maximum atomic E-state index is 14.1. The van der Waals surface area contributed by atoms with Gasteiger partial charge in [-0.25, -0.2) is 14.4 Å². The molecule has 0 radical (unpaired) electrons. The van der Waals surface area contributed by atoms with Crippen molar-refractivity contribution in [3.05, 3.63) is 72.3 Å². The lowest BCUT2D eigenvalue weighted by Crippen LogP contribution is -2.52. The van der Waals surface area contributed by atoms with E-state index >= 15 is 0 Å². The molecular weight excluding hydrogens is 457 g/mol. The number of aromatic nitrogens is 2. The van der Waals surface area contributed by atoms with Gasteiger partial charge in [0, 0.05) is 57.6 Å². The molecule has 0 N–H and O–H groups in total. The summed E-state index contributed by atoms with van der Waals surface area (Å²) in [4.78, 5) is 28.3. The Bertz CT molecular complexity index is 1170. The number of ether oxygens (including phenoxy) is 1. The first-order valence-electron chi connectivity index (χ1n) is 12.7. The van der Waals surface area contributed by atoms with Gasteiger partial charge in [0.2, 0.25) is 5.91 Å². The zero-order chi connectivity index (χ0) is 24.9. The van der Waals surface area contributed by atoms with Crippen LogP contribution in [0.15, 0.2) is 60.9 Å². The first-order chi connectivity index (χ1) is 17.6. The number of hydrogen-bond acceptors (Lipinski definition) is 6. The van der Waals surface area contributed by atoms with Gasteiger partial charge >= 0.3 is 0 Å². The third-order valence-electron chi connectivity index (χ3n) is 7.12. The van der Waals surface area contributed by atoms with Crippen molar-refractivity contribution in [1.82, 2.24) is 14.9 Å². The number of halogens is 1. The summed E-state index contributed by atoms with van der Waals surface area (Å²) in [6.07, 6.45) is 5.80. The smallest absolute Gasteiger partial charge is 0.263 e. The molecule has 2 fully saturated rings. The molecule has 3 heterocycles. The highest BCUT2D eigenvalue weighted by atomic mass is 19.1. The number of amides is 1. The van der Waals surface area contributed by atoms with Crippen molar-refractivity contribution in [1.29, 1.82) is 0 Å². The second-order valence-electron chi connectivity index (χ2n) is 9.31. The molecule has 3 aromatic rings. The Kier molecular flexibility index (Phi) is 7.30. The van der Waals surface area contributed by atoms with E-state index in [1.807, 2.05) is 28.0 Å². The van der Waals surface area contributed by atoms with Gasteiger partial charge in [-0.05, 0) is 49.1 Å². The quantitative estimate of drug-likeness (QED) is 0.507. The molecule has 2 aliphatic rings. The minimum atomic E-state index is -0.213. The normalized spacial score (nSPS) is 16.8. The molecule has 5 rings (SSSR count). The Hall–Kier alpha value is -3.68. The average molecular weight is 490 g/mol. The molecule has 0 spiro atoms. The lowest BCUT2D eigenvalue weighted by atomic mass is 9.95. The summed E-state index contributed by atoms with van der Waals surface area (Å²) in [5.74, 6) is 1.90. The Morgan fingerprint density at radius 3 is 2.31 bits per heavy atom. The van der Waals surface area contributed by atoms with Crippen LogP contribution in [0.4, 0.5) is 15.9 Å². The maximum Gasteiger partial charge on any atom is 0.263 e. The number of para-hydroxylation sites is 1. The Morgan fingerprint density at radius 2 is 1.61 bits per heavy atom. The van der Waals surface area contributed by atoms with Crippen molar-refractivity contribution in [2.75, 3.05) is 49.1 Å². The number of carbonyl (C=O) groups excluding carboxylic acids is 1. The summed E-state index contributed by atoms with van der Waals surface area (Å²) in [5, 5.41) is 0. The number of benzene rings is 2. The van der Waals surface area contributed by atoms with E-state index in [1.165, 1.54) is 11.6 Å². The van der Waals surface area contributed by atoms with Crippen molar-refractivity contribution >= 4 is 17.4 Å². The first-order valence-corrected chi connectivity index (χ1v) is 12.7. The lowest BCUT2D eigenvalue weighted by Gasteiger charge is -2.39. The topological polar surface area (TPSA) is 61.8 Å². The molecule has 1 aromatic heterocycles. The van der Waals surface area contributed by atoms with Crippen molar-refractivity contribution in [2.45, 2.75) is 26.2 Å². The Morgan fingerprint density at radius 1 is 0.917 bits per heavy atom. The van der Waals surface area contributed by atoms with Gasteiger partial charge in [-0.15, -0.1) is 0 Å². The van der Waals surface area contributed by atoms with Crippen LogP contribution in [0.5, 0.6) is 11.6 Å². The Balaban J connectivity index is 1.16. The largest absolute Gasteiger partial charge is 0.436 e. The van der Waals surface area contributed by atoms with Crippen LogP contribution in [0.1, 0.15) is 25.3 Å². The zero-order valence-corrected chi connectivity index (χ0v) is 20.6. The highest BCUT2D eigenvalue weighted by Crippen LogP contribution is 2.32. The van der Waals surface area contributed by atoms with Crippen LogP contribution in [-0.2, 0) is 11.2 Å². The average Bonchev–Trinajstić information content (AvgIpc) is 2.94. The number of piperazine rings is 1. The molecule has 0 bridgehead atoms. The molecule has 36 heavy (non-hydrogen) atoms. The van der Waals surface area contributed by atoms with E-state index in [0.29, 0.717) is 43.6 Å². The van der Waals surface area contributed by atoms with Crippen LogP contribution in [0.3, 0.4) is 0 Å². The fraction of sp³-hybridized carbons (Fsp3) is 0.393. The van der Waals surface area contributed by atoms with Gasteiger partial charge < -0.3 is 19.4 Å². The summed E-state index contributed by atoms with van der Waals surface area (Å²) in [7, 11) is 0. The van der Waals surface area contributed by atoms with Gasteiger partial charge in [0.15, 0.2) is 5.82 Å². The van der Waals surface area contributed by atoms with Gasteiger partial charge in [-0.2, -0.15) is 0 Å². The van der Waals surface area contributed by atoms with E-state index < -0.39 is 0 Å². The minimum absolute atomic E-state index is 0.0103. The highest BCUT2D eigenvalue weighted by Gasteiger charge is 2.32. The van der Waals surface area contributed by atoms with Gasteiger partial charge in [-0.3, -0.25) is 4.79 Å². The first kappa shape index (κ1) is 24.0. The van der Waals surface area contributed by atoms with Crippen molar-refractivity contribution in [2.24, 2.45) is 5.92 Å². The summed E-state index contributed by atoms with van der Waals surface area (Å²) >= 11 is 0. The SMILES string of the molecule is CCc1ccc(Oc2nccnc2N2CCC(C(=O)N3CCN(c4ccccc4F)CC3)CC2)cc1. The van der Waals surface area contributed by atoms with Crippen LogP contribution in [-0.4, -0.2) is 60.0 Å². The fourth-order valence-electron chi connectivity index (χ4n) is 4.98. The molecule has 0 atom stereocenters. The van der Waals surface area contributed by atoms with Gasteiger partial charge in [0.25, 0.3) is 5.88 Å². The van der Waals surface area contributed by atoms with Crippen LogP contribution in [0, 0.1) is 11.7 Å². The predicted octanol–water partition coefficient (Wildman–Crippen LogP) is 4.54. The summed E-state index contributed by atoms with van der Waals surface area (Å²) in [6.45, 7) is 6.08. The molecule has 0 unspecified atom stereocenters. The van der Waals surface area contributed by atoms with Crippen LogP contribution < -0.4 is 14.5 Å². The van der Waals surface area contributed by atoms with Gasteiger partial charge in [-0.1, -0.05) is 31.2 Å². The van der Waals surface area contributed by atoms with Crippen molar-refractivity contribution in [3.63, 3.8) is 0 Å². The van der Waals surface area contributed by atoms with Crippen molar-refractivity contribution in [3.8, 4) is 11.6 Å². The second kappa shape index (κ2) is 10.9. The van der Waals surface area contributed by atoms with Gasteiger partial charge in [0.1, 0.15) is 11.6 Å².